The number of aryl methyl sites for hydroxylation is 1. The second kappa shape index (κ2) is 6.73. The normalized spacial score (nSPS) is 17.1. The van der Waals surface area contributed by atoms with Crippen LogP contribution in [0.15, 0.2) is 41.2 Å². The Bertz CT molecular complexity index is 1050. The average molecular weight is 378 g/mol. The van der Waals surface area contributed by atoms with Crippen LogP contribution in [0.2, 0.25) is 0 Å². The molecule has 1 fully saturated rings. The Hall–Kier alpha value is -2.24. The lowest BCUT2D eigenvalue weighted by molar-refractivity contribution is 0.243. The Kier molecular flexibility index (Phi) is 4.21. The van der Waals surface area contributed by atoms with Crippen LogP contribution < -0.4 is 5.56 Å². The van der Waals surface area contributed by atoms with Crippen LogP contribution in [0, 0.1) is 6.92 Å². The van der Waals surface area contributed by atoms with E-state index in [1.165, 1.54) is 20.9 Å². The van der Waals surface area contributed by atoms with Gasteiger partial charge >= 0.3 is 0 Å². The van der Waals surface area contributed by atoms with Crippen LogP contribution in [0.5, 0.6) is 0 Å². The average Bonchev–Trinajstić information content (AvgIpc) is 3.41. The molecule has 0 radical (unpaired) electrons. The first-order valence-electron chi connectivity index (χ1n) is 9.66. The van der Waals surface area contributed by atoms with E-state index < -0.39 is 0 Å². The second-order valence-electron chi connectivity index (χ2n) is 7.75. The maximum absolute atomic E-state index is 12.5. The van der Waals surface area contributed by atoms with Crippen molar-refractivity contribution in [3.05, 3.63) is 74.3 Å². The van der Waals surface area contributed by atoms with E-state index in [0.29, 0.717) is 12.5 Å². The smallest absolute Gasteiger partial charge is 0.255 e. The van der Waals surface area contributed by atoms with E-state index in [9.17, 15) is 4.79 Å². The second-order valence-corrected chi connectivity index (χ2v) is 8.92. The topological polar surface area (TPSA) is 49.0 Å². The van der Waals surface area contributed by atoms with Crippen LogP contribution >= 0.6 is 11.3 Å². The highest BCUT2D eigenvalue weighted by Gasteiger charge is 2.29. The fraction of sp³-hybridized carbons (Fsp3) is 0.364. The number of aromatic nitrogens is 2. The molecule has 0 spiro atoms. The minimum Gasteiger partial charge on any atom is -0.310 e. The molecule has 2 aromatic heterocycles. The first-order chi connectivity index (χ1) is 13.2. The van der Waals surface area contributed by atoms with E-state index in [1.807, 2.05) is 11.3 Å². The summed E-state index contributed by atoms with van der Waals surface area (Å²) >= 11 is 1.85. The maximum Gasteiger partial charge on any atom is 0.255 e. The van der Waals surface area contributed by atoms with Gasteiger partial charge in [0.05, 0.1) is 11.3 Å². The summed E-state index contributed by atoms with van der Waals surface area (Å²) in [5, 5.41) is 0. The van der Waals surface area contributed by atoms with Gasteiger partial charge in [-0.2, -0.15) is 0 Å². The van der Waals surface area contributed by atoms with E-state index in [-0.39, 0.29) is 5.56 Å². The molecule has 5 rings (SSSR count). The van der Waals surface area contributed by atoms with Crippen molar-refractivity contribution in [2.75, 3.05) is 6.54 Å². The molecule has 0 bridgehead atoms. The third-order valence-corrected chi connectivity index (χ3v) is 6.59. The number of benzene rings is 1. The molecule has 27 heavy (non-hydrogen) atoms. The Morgan fingerprint density at radius 2 is 2.15 bits per heavy atom. The molecule has 1 aromatic carbocycles. The Morgan fingerprint density at radius 1 is 1.26 bits per heavy atom. The summed E-state index contributed by atoms with van der Waals surface area (Å²) in [5.74, 6) is 1.40. The van der Waals surface area contributed by atoms with Crippen molar-refractivity contribution in [3.8, 4) is 10.4 Å². The van der Waals surface area contributed by atoms with Crippen molar-refractivity contribution < 1.29 is 0 Å². The quantitative estimate of drug-likeness (QED) is 0.740. The largest absolute Gasteiger partial charge is 0.310 e. The van der Waals surface area contributed by atoms with Crippen molar-refractivity contribution in [3.63, 3.8) is 0 Å². The molecule has 0 amide bonds. The summed E-state index contributed by atoms with van der Waals surface area (Å²) < 4.78 is 0. The summed E-state index contributed by atoms with van der Waals surface area (Å²) in [6.07, 6.45) is 3.19. The molecule has 0 saturated heterocycles. The van der Waals surface area contributed by atoms with Crippen LogP contribution in [0.3, 0.4) is 0 Å². The van der Waals surface area contributed by atoms with Gasteiger partial charge in [0.1, 0.15) is 5.82 Å². The number of aromatic amines is 1. The van der Waals surface area contributed by atoms with Crippen molar-refractivity contribution in [1.29, 1.82) is 0 Å². The van der Waals surface area contributed by atoms with Gasteiger partial charge in [-0.15, -0.1) is 11.3 Å². The predicted octanol–water partition coefficient (Wildman–Crippen LogP) is 4.24. The van der Waals surface area contributed by atoms with E-state index >= 15 is 0 Å². The lowest BCUT2D eigenvalue weighted by atomic mass is 10.1. The molecular formula is C22H23N3OS. The van der Waals surface area contributed by atoms with Gasteiger partial charge in [0, 0.05) is 41.7 Å². The summed E-state index contributed by atoms with van der Waals surface area (Å²) in [4.78, 5) is 25.3. The lowest BCUT2D eigenvalue weighted by Gasteiger charge is -2.27. The maximum atomic E-state index is 12.5. The van der Waals surface area contributed by atoms with E-state index in [2.05, 4.69) is 53.2 Å². The van der Waals surface area contributed by atoms with Gasteiger partial charge in [0.15, 0.2) is 0 Å². The monoisotopic (exact) mass is 377 g/mol. The minimum atomic E-state index is 0.0678. The van der Waals surface area contributed by atoms with Crippen LogP contribution in [-0.4, -0.2) is 21.4 Å². The molecule has 2 aliphatic rings. The summed E-state index contributed by atoms with van der Waals surface area (Å²) in [6, 6.07) is 13.1. The number of hydrogen-bond donors (Lipinski definition) is 1. The standard InChI is InChI=1S/C22H23N3OS/c1-14-3-2-4-16(11-14)20-8-7-17(27-20)12-25-10-9-19-18(13-25)22(26)24-21(23-19)15-5-6-15/h2-4,7-8,11,15H,5-6,9-10,12-13H2,1H3,(H,23,24,26). The summed E-state index contributed by atoms with van der Waals surface area (Å²) in [7, 11) is 0. The van der Waals surface area contributed by atoms with Gasteiger partial charge in [0.25, 0.3) is 5.56 Å². The SMILES string of the molecule is Cc1cccc(-c2ccc(CN3CCc4nc(C5CC5)[nH]c(=O)c4C3)s2)c1. The van der Waals surface area contributed by atoms with Gasteiger partial charge in [-0.05, 0) is 37.5 Å². The minimum absolute atomic E-state index is 0.0678. The molecule has 138 valence electrons. The molecule has 1 aliphatic carbocycles. The van der Waals surface area contributed by atoms with E-state index in [4.69, 9.17) is 4.98 Å². The summed E-state index contributed by atoms with van der Waals surface area (Å²) in [5.41, 5.74) is 4.51. The molecule has 1 saturated carbocycles. The van der Waals surface area contributed by atoms with Gasteiger partial charge < -0.3 is 4.98 Å². The third-order valence-electron chi connectivity index (χ3n) is 5.47. The number of nitrogens with one attached hydrogen (secondary N) is 1. The fourth-order valence-electron chi connectivity index (χ4n) is 3.82. The van der Waals surface area contributed by atoms with Gasteiger partial charge in [-0.25, -0.2) is 4.98 Å². The van der Waals surface area contributed by atoms with Gasteiger partial charge in [-0.3, -0.25) is 9.69 Å². The molecule has 3 aromatic rings. The van der Waals surface area contributed by atoms with Crippen LogP contribution in [0.1, 0.15) is 46.3 Å². The Balaban J connectivity index is 1.32. The van der Waals surface area contributed by atoms with Crippen molar-refractivity contribution in [2.24, 2.45) is 0 Å². The molecule has 0 unspecified atom stereocenters. The number of H-pyrrole nitrogens is 1. The number of nitrogens with zero attached hydrogens (tertiary/aromatic N) is 2. The number of hydrogen-bond acceptors (Lipinski definition) is 4. The summed E-state index contributed by atoms with van der Waals surface area (Å²) in [6.45, 7) is 4.68. The first kappa shape index (κ1) is 16.9. The highest BCUT2D eigenvalue weighted by atomic mass is 32.1. The van der Waals surface area contributed by atoms with Crippen molar-refractivity contribution >= 4 is 11.3 Å². The molecule has 5 heteroatoms. The lowest BCUT2D eigenvalue weighted by Crippen LogP contribution is -2.35. The predicted molar refractivity (Wildman–Crippen MR) is 109 cm³/mol. The van der Waals surface area contributed by atoms with Crippen molar-refractivity contribution in [1.82, 2.24) is 14.9 Å². The Labute approximate surface area is 162 Å². The van der Waals surface area contributed by atoms with Gasteiger partial charge in [-0.1, -0.05) is 29.8 Å². The van der Waals surface area contributed by atoms with E-state index in [0.717, 1.165) is 49.4 Å². The highest BCUT2D eigenvalue weighted by Crippen LogP contribution is 2.38. The number of thiophene rings is 1. The molecule has 1 aliphatic heterocycles. The van der Waals surface area contributed by atoms with Gasteiger partial charge in [0.2, 0.25) is 0 Å². The zero-order valence-electron chi connectivity index (χ0n) is 15.5. The molecule has 1 N–H and O–H groups in total. The third kappa shape index (κ3) is 3.49. The number of fused-ring (bicyclic) bond motifs is 1. The van der Waals surface area contributed by atoms with Crippen molar-refractivity contribution in [2.45, 2.75) is 45.2 Å². The molecule has 3 heterocycles. The van der Waals surface area contributed by atoms with Crippen LogP contribution in [0.4, 0.5) is 0 Å². The highest BCUT2D eigenvalue weighted by molar-refractivity contribution is 7.15. The molecule has 0 atom stereocenters. The zero-order chi connectivity index (χ0) is 18.4. The fourth-order valence-corrected chi connectivity index (χ4v) is 4.87. The van der Waals surface area contributed by atoms with Crippen LogP contribution in [-0.2, 0) is 19.5 Å². The Morgan fingerprint density at radius 3 is 2.96 bits per heavy atom. The van der Waals surface area contributed by atoms with Crippen LogP contribution in [0.25, 0.3) is 10.4 Å². The molecule has 4 nitrogen and oxygen atoms in total. The molecular weight excluding hydrogens is 354 g/mol. The first-order valence-corrected chi connectivity index (χ1v) is 10.5. The number of rotatable bonds is 4. The van der Waals surface area contributed by atoms with E-state index in [1.54, 1.807) is 0 Å². The zero-order valence-corrected chi connectivity index (χ0v) is 16.3.